The van der Waals surface area contributed by atoms with E-state index in [0.717, 1.165) is 28.6 Å². The minimum Gasteiger partial charge on any atom is -0.493 e. The lowest BCUT2D eigenvalue weighted by Gasteiger charge is -2.43. The van der Waals surface area contributed by atoms with Crippen molar-refractivity contribution in [2.45, 2.75) is 44.8 Å². The molecule has 0 aromatic heterocycles. The first-order chi connectivity index (χ1) is 11.2. The second-order valence-electron chi connectivity index (χ2n) is 6.58. The molecule has 4 nitrogen and oxygen atoms in total. The summed E-state index contributed by atoms with van der Waals surface area (Å²) in [7, 11) is 3.37. The fourth-order valence-electron chi connectivity index (χ4n) is 3.97. The maximum Gasteiger partial charge on any atom is 0.161 e. The van der Waals surface area contributed by atoms with Crippen LogP contribution in [0.2, 0.25) is 0 Å². The molecule has 0 aliphatic carbocycles. The molecule has 3 rings (SSSR count). The summed E-state index contributed by atoms with van der Waals surface area (Å²) in [5, 5.41) is 0. The Bertz CT molecular complexity index is 552. The van der Waals surface area contributed by atoms with E-state index < -0.39 is 0 Å². The monoisotopic (exact) mass is 382 g/mol. The van der Waals surface area contributed by atoms with Gasteiger partial charge in [0.25, 0.3) is 0 Å². The first-order valence-electron chi connectivity index (χ1n) is 8.54. The van der Waals surface area contributed by atoms with Crippen LogP contribution in [0.3, 0.4) is 0 Å². The third kappa shape index (κ3) is 3.52. The van der Waals surface area contributed by atoms with Crippen molar-refractivity contribution in [2.75, 3.05) is 33.9 Å². The molecular formula is C18H27BrN2O2. The van der Waals surface area contributed by atoms with Gasteiger partial charge < -0.3 is 9.47 Å². The Morgan fingerprint density at radius 2 is 1.91 bits per heavy atom. The minimum atomic E-state index is 0.643. The summed E-state index contributed by atoms with van der Waals surface area (Å²) in [6.45, 7) is 6.95. The fraction of sp³-hybridized carbons (Fsp3) is 0.667. The lowest BCUT2D eigenvalue weighted by atomic mass is 10.0. The number of rotatable bonds is 5. The second kappa shape index (κ2) is 7.41. The molecule has 23 heavy (non-hydrogen) atoms. The van der Waals surface area contributed by atoms with Gasteiger partial charge in [0, 0.05) is 36.2 Å². The molecule has 2 heterocycles. The van der Waals surface area contributed by atoms with Crippen molar-refractivity contribution in [1.82, 2.24) is 9.80 Å². The summed E-state index contributed by atoms with van der Waals surface area (Å²) in [6, 6.07) is 5.51. The van der Waals surface area contributed by atoms with E-state index >= 15 is 0 Å². The van der Waals surface area contributed by atoms with Gasteiger partial charge in [-0.15, -0.1) is 0 Å². The molecule has 2 aliphatic rings. The summed E-state index contributed by atoms with van der Waals surface area (Å²) >= 11 is 3.70. The van der Waals surface area contributed by atoms with Gasteiger partial charge in [-0.1, -0.05) is 22.9 Å². The molecule has 0 radical (unpaired) electrons. The van der Waals surface area contributed by atoms with E-state index in [2.05, 4.69) is 38.7 Å². The summed E-state index contributed by atoms with van der Waals surface area (Å²) in [4.78, 5) is 5.34. The predicted octanol–water partition coefficient (Wildman–Crippen LogP) is 3.52. The van der Waals surface area contributed by atoms with Gasteiger partial charge in [-0.2, -0.15) is 0 Å². The Hall–Kier alpha value is -0.780. The van der Waals surface area contributed by atoms with Gasteiger partial charge in [-0.25, -0.2) is 0 Å². The summed E-state index contributed by atoms with van der Waals surface area (Å²) in [6.07, 6.45) is 3.91. The third-order valence-corrected chi connectivity index (χ3v) is 6.04. The number of nitrogens with zero attached hydrogens (tertiary/aromatic N) is 2. The van der Waals surface area contributed by atoms with Gasteiger partial charge in [0.15, 0.2) is 11.5 Å². The number of piperazine rings is 1. The average Bonchev–Trinajstić information content (AvgIpc) is 3.02. The van der Waals surface area contributed by atoms with Crippen molar-refractivity contribution in [3.05, 3.63) is 22.2 Å². The number of hydrogen-bond donors (Lipinski definition) is 0. The van der Waals surface area contributed by atoms with Gasteiger partial charge in [-0.3, -0.25) is 9.80 Å². The summed E-state index contributed by atoms with van der Waals surface area (Å²) in [5.41, 5.74) is 1.27. The highest BCUT2D eigenvalue weighted by Gasteiger charge is 2.35. The number of ether oxygens (including phenoxy) is 2. The van der Waals surface area contributed by atoms with Crippen LogP contribution in [-0.2, 0) is 6.54 Å². The van der Waals surface area contributed by atoms with E-state index in [0.29, 0.717) is 6.04 Å². The van der Waals surface area contributed by atoms with Crippen molar-refractivity contribution < 1.29 is 9.47 Å². The first kappa shape index (κ1) is 17.1. The third-order valence-electron chi connectivity index (χ3n) is 5.30. The van der Waals surface area contributed by atoms with E-state index in [4.69, 9.17) is 9.47 Å². The first-order valence-corrected chi connectivity index (χ1v) is 9.34. The SMILES string of the molecule is CCC1CN2CCCC2CN1Cc1cc(OC)c(OC)cc1Br. The lowest BCUT2D eigenvalue weighted by Crippen LogP contribution is -2.55. The molecule has 5 heteroatoms. The van der Waals surface area contributed by atoms with E-state index in [9.17, 15) is 0 Å². The molecule has 2 atom stereocenters. The standard InChI is InChI=1S/C18H27BrN2O2/c1-4-14-11-20-7-5-6-15(20)12-21(14)10-13-8-17(22-2)18(23-3)9-16(13)19/h8-9,14-15H,4-7,10-12H2,1-3H3. The van der Waals surface area contributed by atoms with Crippen LogP contribution in [0.15, 0.2) is 16.6 Å². The Kier molecular flexibility index (Phi) is 5.49. The zero-order valence-electron chi connectivity index (χ0n) is 14.3. The van der Waals surface area contributed by atoms with Crippen LogP contribution >= 0.6 is 15.9 Å². The topological polar surface area (TPSA) is 24.9 Å². The molecule has 1 aromatic carbocycles. The zero-order valence-corrected chi connectivity index (χ0v) is 15.9. The molecule has 2 aliphatic heterocycles. The smallest absolute Gasteiger partial charge is 0.161 e. The molecule has 0 amide bonds. The van der Waals surface area contributed by atoms with E-state index in [1.165, 1.54) is 44.5 Å². The molecule has 0 bridgehead atoms. The highest BCUT2D eigenvalue weighted by Crippen LogP contribution is 2.35. The van der Waals surface area contributed by atoms with Gasteiger partial charge in [0.05, 0.1) is 14.2 Å². The molecular weight excluding hydrogens is 356 g/mol. The molecule has 128 valence electrons. The van der Waals surface area contributed by atoms with Gasteiger partial charge >= 0.3 is 0 Å². The summed E-state index contributed by atoms with van der Waals surface area (Å²) in [5.74, 6) is 1.58. The van der Waals surface area contributed by atoms with Crippen LogP contribution in [0.4, 0.5) is 0 Å². The highest BCUT2D eigenvalue weighted by atomic mass is 79.9. The average molecular weight is 383 g/mol. The predicted molar refractivity (Wildman–Crippen MR) is 96.3 cm³/mol. The second-order valence-corrected chi connectivity index (χ2v) is 7.44. The zero-order chi connectivity index (χ0) is 16.4. The maximum atomic E-state index is 5.47. The van der Waals surface area contributed by atoms with Crippen LogP contribution < -0.4 is 9.47 Å². The van der Waals surface area contributed by atoms with E-state index in [-0.39, 0.29) is 0 Å². The van der Waals surface area contributed by atoms with Crippen molar-refractivity contribution in [3.8, 4) is 11.5 Å². The molecule has 2 fully saturated rings. The van der Waals surface area contributed by atoms with E-state index in [1.807, 2.05) is 6.07 Å². The number of benzene rings is 1. The van der Waals surface area contributed by atoms with Gasteiger partial charge in [0.2, 0.25) is 0 Å². The maximum absolute atomic E-state index is 5.47. The molecule has 0 saturated carbocycles. The van der Waals surface area contributed by atoms with Gasteiger partial charge in [-0.05, 0) is 43.5 Å². The molecule has 2 unspecified atom stereocenters. The van der Waals surface area contributed by atoms with Crippen molar-refractivity contribution in [1.29, 1.82) is 0 Å². The fourth-order valence-corrected chi connectivity index (χ4v) is 4.41. The van der Waals surface area contributed by atoms with Crippen LogP contribution in [0.25, 0.3) is 0 Å². The molecule has 1 aromatic rings. The number of halogens is 1. The highest BCUT2D eigenvalue weighted by molar-refractivity contribution is 9.10. The Morgan fingerprint density at radius 3 is 2.61 bits per heavy atom. The molecule has 0 N–H and O–H groups in total. The Morgan fingerprint density at radius 1 is 1.17 bits per heavy atom. The minimum absolute atomic E-state index is 0.643. The van der Waals surface area contributed by atoms with Crippen LogP contribution in [-0.4, -0.2) is 55.7 Å². The summed E-state index contributed by atoms with van der Waals surface area (Å²) < 4.78 is 12.0. The molecule has 0 spiro atoms. The van der Waals surface area contributed by atoms with Crippen LogP contribution in [0.1, 0.15) is 31.7 Å². The van der Waals surface area contributed by atoms with E-state index in [1.54, 1.807) is 14.2 Å². The van der Waals surface area contributed by atoms with Crippen molar-refractivity contribution >= 4 is 15.9 Å². The Balaban J connectivity index is 1.79. The number of fused-ring (bicyclic) bond motifs is 1. The quantitative estimate of drug-likeness (QED) is 0.777. The van der Waals surface area contributed by atoms with Crippen molar-refractivity contribution in [2.24, 2.45) is 0 Å². The Labute approximate surface area is 147 Å². The normalized spacial score (nSPS) is 25.4. The lowest BCUT2D eigenvalue weighted by molar-refractivity contribution is 0.0435. The van der Waals surface area contributed by atoms with Crippen molar-refractivity contribution in [3.63, 3.8) is 0 Å². The van der Waals surface area contributed by atoms with Crippen LogP contribution in [0.5, 0.6) is 11.5 Å². The van der Waals surface area contributed by atoms with Gasteiger partial charge in [0.1, 0.15) is 0 Å². The largest absolute Gasteiger partial charge is 0.493 e. The molecule has 2 saturated heterocycles. The number of methoxy groups -OCH3 is 2. The van der Waals surface area contributed by atoms with Crippen LogP contribution in [0, 0.1) is 0 Å². The number of hydrogen-bond acceptors (Lipinski definition) is 4.